The van der Waals surface area contributed by atoms with Crippen LogP contribution in [0, 0.1) is 0 Å². The minimum absolute atomic E-state index is 0.0757. The summed E-state index contributed by atoms with van der Waals surface area (Å²) in [4.78, 5) is 30.9. The topological polar surface area (TPSA) is 103 Å². The summed E-state index contributed by atoms with van der Waals surface area (Å²) in [5, 5.41) is 12.8. The van der Waals surface area contributed by atoms with Gasteiger partial charge in [0.05, 0.1) is 12.2 Å². The quantitative estimate of drug-likeness (QED) is 0.329. The second-order valence-electron chi connectivity index (χ2n) is 8.63. The van der Waals surface area contributed by atoms with Gasteiger partial charge in [-0.2, -0.15) is 0 Å². The number of nitrogens with zero attached hydrogens (tertiary/aromatic N) is 1. The number of hydrogen-bond donors (Lipinski definition) is 4. The number of aliphatic hydroxyl groups is 1. The van der Waals surface area contributed by atoms with E-state index in [0.717, 1.165) is 30.5 Å². The number of anilines is 1. The molecule has 0 saturated heterocycles. The van der Waals surface area contributed by atoms with Crippen LogP contribution in [0.25, 0.3) is 6.08 Å². The smallest absolute Gasteiger partial charge is 0.261 e. The molecular formula is C26H36N4O3S. The summed E-state index contributed by atoms with van der Waals surface area (Å²) in [6, 6.07) is 9.44. The SMILES string of the molecule is O=C(CNNC(=O)/C(=C/c1ccccc1)CCO)Nc1nc2c(s1)CCCCCCCCCC2. The van der Waals surface area contributed by atoms with Gasteiger partial charge in [0.2, 0.25) is 5.91 Å². The molecule has 0 aliphatic heterocycles. The van der Waals surface area contributed by atoms with Crippen molar-refractivity contribution in [3.63, 3.8) is 0 Å². The van der Waals surface area contributed by atoms with E-state index in [-0.39, 0.29) is 31.4 Å². The number of benzene rings is 1. The predicted octanol–water partition coefficient (Wildman–Crippen LogP) is 4.39. The van der Waals surface area contributed by atoms with Crippen LogP contribution in [0.3, 0.4) is 0 Å². The normalized spacial score (nSPS) is 15.5. The molecule has 1 heterocycles. The molecule has 1 aromatic heterocycles. The Hall–Kier alpha value is -2.55. The summed E-state index contributed by atoms with van der Waals surface area (Å²) >= 11 is 1.57. The number of hydrazine groups is 1. The zero-order valence-corrected chi connectivity index (χ0v) is 20.6. The van der Waals surface area contributed by atoms with E-state index in [4.69, 9.17) is 4.98 Å². The van der Waals surface area contributed by atoms with Crippen LogP contribution in [0.5, 0.6) is 0 Å². The monoisotopic (exact) mass is 484 g/mol. The second-order valence-corrected chi connectivity index (χ2v) is 9.71. The number of thiazole rings is 1. The maximum Gasteiger partial charge on any atom is 0.261 e. The first kappa shape index (κ1) is 26.1. The van der Waals surface area contributed by atoms with Crippen molar-refractivity contribution in [3.05, 3.63) is 52.0 Å². The average molecular weight is 485 g/mol. The number of rotatable bonds is 8. The molecule has 2 aromatic rings. The number of aryl methyl sites for hydroxylation is 2. The molecule has 0 radical (unpaired) electrons. The summed E-state index contributed by atoms with van der Waals surface area (Å²) < 4.78 is 0. The van der Waals surface area contributed by atoms with Crippen LogP contribution < -0.4 is 16.2 Å². The number of fused-ring (bicyclic) bond motifs is 1. The Morgan fingerprint density at radius 1 is 0.971 bits per heavy atom. The van der Waals surface area contributed by atoms with E-state index in [1.165, 1.54) is 49.8 Å². The molecule has 0 saturated carbocycles. The summed E-state index contributed by atoms with van der Waals surface area (Å²) in [6.45, 7) is -0.213. The highest BCUT2D eigenvalue weighted by Gasteiger charge is 2.14. The van der Waals surface area contributed by atoms with E-state index in [0.29, 0.717) is 10.7 Å². The highest BCUT2D eigenvalue weighted by molar-refractivity contribution is 7.15. The molecule has 2 amide bonds. The van der Waals surface area contributed by atoms with E-state index in [1.54, 1.807) is 17.4 Å². The van der Waals surface area contributed by atoms with Crippen LogP contribution in [-0.2, 0) is 22.4 Å². The number of carbonyl (C=O) groups is 2. The third-order valence-electron chi connectivity index (χ3n) is 5.86. The van der Waals surface area contributed by atoms with Gasteiger partial charge in [-0.25, -0.2) is 10.4 Å². The molecule has 0 fully saturated rings. The largest absolute Gasteiger partial charge is 0.396 e. The van der Waals surface area contributed by atoms with Crippen LogP contribution in [0.4, 0.5) is 5.13 Å². The standard InChI is InChI=1S/C26H36N4O3S/c31-17-16-21(18-20-12-8-7-9-13-20)25(33)30-27-19-24(32)29-26-28-22-14-10-5-3-1-2-4-6-11-15-23(22)34-26/h7-9,12-13,18,27,31H,1-6,10-11,14-17,19H2,(H,30,33)(H,28,29,32)/b21-18+. The maximum absolute atomic E-state index is 12.5. The molecule has 8 heteroatoms. The molecule has 1 aliphatic rings. The Morgan fingerprint density at radius 2 is 1.65 bits per heavy atom. The Bertz CT molecular complexity index is 913. The number of nitrogens with one attached hydrogen (secondary N) is 3. The van der Waals surface area contributed by atoms with Crippen molar-refractivity contribution in [2.75, 3.05) is 18.5 Å². The van der Waals surface area contributed by atoms with Crippen molar-refractivity contribution in [1.82, 2.24) is 15.8 Å². The predicted molar refractivity (Wildman–Crippen MR) is 137 cm³/mol. The van der Waals surface area contributed by atoms with Crippen LogP contribution in [0.1, 0.15) is 73.9 Å². The van der Waals surface area contributed by atoms with Gasteiger partial charge >= 0.3 is 0 Å². The van der Waals surface area contributed by atoms with Crippen molar-refractivity contribution in [3.8, 4) is 0 Å². The summed E-state index contributed by atoms with van der Waals surface area (Å²) in [7, 11) is 0. The fourth-order valence-corrected chi connectivity index (χ4v) is 5.10. The van der Waals surface area contributed by atoms with Crippen molar-refractivity contribution in [2.24, 2.45) is 0 Å². The van der Waals surface area contributed by atoms with Crippen LogP contribution >= 0.6 is 11.3 Å². The Balaban J connectivity index is 1.50. The Kier molecular flexibility index (Phi) is 11.2. The molecular weight excluding hydrogens is 448 g/mol. The molecule has 1 aliphatic carbocycles. The molecule has 184 valence electrons. The zero-order chi connectivity index (χ0) is 24.0. The summed E-state index contributed by atoms with van der Waals surface area (Å²) in [5.41, 5.74) is 7.66. The average Bonchev–Trinajstić information content (AvgIpc) is 3.20. The number of amides is 2. The van der Waals surface area contributed by atoms with E-state index < -0.39 is 0 Å². The molecule has 4 N–H and O–H groups in total. The number of aliphatic hydroxyl groups excluding tert-OH is 1. The first-order chi connectivity index (χ1) is 16.7. The van der Waals surface area contributed by atoms with Crippen molar-refractivity contribution in [2.45, 2.75) is 70.6 Å². The number of carbonyl (C=O) groups excluding carboxylic acids is 2. The van der Waals surface area contributed by atoms with Crippen LogP contribution in [-0.4, -0.2) is 35.1 Å². The Morgan fingerprint density at radius 3 is 2.35 bits per heavy atom. The lowest BCUT2D eigenvalue weighted by atomic mass is 10.0. The molecule has 0 atom stereocenters. The van der Waals surface area contributed by atoms with E-state index in [2.05, 4.69) is 16.2 Å². The van der Waals surface area contributed by atoms with Crippen LogP contribution in [0.15, 0.2) is 35.9 Å². The van der Waals surface area contributed by atoms with Gasteiger partial charge in [0, 0.05) is 23.5 Å². The van der Waals surface area contributed by atoms with Gasteiger partial charge in [-0.05, 0) is 37.3 Å². The van der Waals surface area contributed by atoms with Crippen LogP contribution in [0.2, 0.25) is 0 Å². The molecule has 34 heavy (non-hydrogen) atoms. The number of hydrogen-bond acceptors (Lipinski definition) is 6. The molecule has 0 unspecified atom stereocenters. The van der Waals surface area contributed by atoms with Gasteiger partial charge in [0.1, 0.15) is 0 Å². The Labute approximate surface area is 206 Å². The fraction of sp³-hybridized carbons (Fsp3) is 0.500. The van der Waals surface area contributed by atoms with E-state index >= 15 is 0 Å². The third-order valence-corrected chi connectivity index (χ3v) is 6.93. The van der Waals surface area contributed by atoms with Crippen molar-refractivity contribution >= 4 is 34.4 Å². The molecule has 3 rings (SSSR count). The lowest BCUT2D eigenvalue weighted by molar-refractivity contribution is -0.119. The van der Waals surface area contributed by atoms with Gasteiger partial charge < -0.3 is 10.4 Å². The van der Waals surface area contributed by atoms with E-state index in [1.807, 2.05) is 30.3 Å². The lowest BCUT2D eigenvalue weighted by Gasteiger charge is -2.09. The van der Waals surface area contributed by atoms with Gasteiger partial charge in [0.25, 0.3) is 5.91 Å². The van der Waals surface area contributed by atoms with E-state index in [9.17, 15) is 14.7 Å². The molecule has 7 nitrogen and oxygen atoms in total. The first-order valence-electron chi connectivity index (χ1n) is 12.3. The zero-order valence-electron chi connectivity index (χ0n) is 19.8. The van der Waals surface area contributed by atoms with Crippen molar-refractivity contribution in [1.29, 1.82) is 0 Å². The minimum atomic E-state index is -0.373. The van der Waals surface area contributed by atoms with Gasteiger partial charge in [-0.3, -0.25) is 15.0 Å². The highest BCUT2D eigenvalue weighted by Crippen LogP contribution is 2.27. The lowest BCUT2D eigenvalue weighted by Crippen LogP contribution is -2.42. The highest BCUT2D eigenvalue weighted by atomic mass is 32.1. The minimum Gasteiger partial charge on any atom is -0.396 e. The van der Waals surface area contributed by atoms with Gasteiger partial charge in [0.15, 0.2) is 5.13 Å². The summed E-state index contributed by atoms with van der Waals surface area (Å²) in [5.74, 6) is -0.636. The fourth-order valence-electron chi connectivity index (χ4n) is 4.04. The van der Waals surface area contributed by atoms with Gasteiger partial charge in [-0.15, -0.1) is 11.3 Å². The van der Waals surface area contributed by atoms with Gasteiger partial charge in [-0.1, -0.05) is 68.9 Å². The summed E-state index contributed by atoms with van der Waals surface area (Å²) in [6.07, 6.45) is 14.0. The molecule has 0 bridgehead atoms. The molecule has 0 spiro atoms. The first-order valence-corrected chi connectivity index (χ1v) is 13.2. The maximum atomic E-state index is 12.5. The number of aromatic nitrogens is 1. The molecule has 1 aromatic carbocycles. The third kappa shape index (κ3) is 9.00. The second kappa shape index (κ2) is 14.7. The van der Waals surface area contributed by atoms with Crippen molar-refractivity contribution < 1.29 is 14.7 Å².